The number of piperazine rings is 1. The van der Waals surface area contributed by atoms with E-state index in [1.807, 2.05) is 13.8 Å². The molecular formula is C13H20N2O3S. The molecule has 1 fully saturated rings. The minimum atomic E-state index is -3.49. The monoisotopic (exact) mass is 284 g/mol. The largest absolute Gasteiger partial charge is 0.497 e. The molecule has 0 aromatic heterocycles. The second-order valence-corrected chi connectivity index (χ2v) is 7.11. The maximum absolute atomic E-state index is 12.7. The zero-order chi connectivity index (χ0) is 14.1. The zero-order valence-electron chi connectivity index (χ0n) is 11.5. The van der Waals surface area contributed by atoms with E-state index in [0.29, 0.717) is 25.4 Å². The molecule has 1 N–H and O–H groups in total. The molecule has 1 aromatic carbocycles. The topological polar surface area (TPSA) is 58.6 Å². The molecule has 6 heteroatoms. The predicted molar refractivity (Wildman–Crippen MR) is 73.8 cm³/mol. The molecule has 1 saturated heterocycles. The van der Waals surface area contributed by atoms with Gasteiger partial charge in [-0.3, -0.25) is 0 Å². The van der Waals surface area contributed by atoms with Gasteiger partial charge in [0, 0.05) is 31.2 Å². The van der Waals surface area contributed by atoms with E-state index in [1.54, 1.807) is 28.6 Å². The van der Waals surface area contributed by atoms with Crippen molar-refractivity contribution in [2.45, 2.75) is 24.3 Å². The van der Waals surface area contributed by atoms with Crippen LogP contribution in [0.3, 0.4) is 0 Å². The molecule has 2 rings (SSSR count). The van der Waals surface area contributed by atoms with Crippen molar-refractivity contribution in [3.8, 4) is 5.75 Å². The van der Waals surface area contributed by atoms with Crippen molar-refractivity contribution >= 4 is 10.0 Å². The van der Waals surface area contributed by atoms with Crippen molar-refractivity contribution in [3.63, 3.8) is 0 Å². The first kappa shape index (κ1) is 14.3. The van der Waals surface area contributed by atoms with Crippen LogP contribution in [0.4, 0.5) is 0 Å². The number of nitrogens with zero attached hydrogens (tertiary/aromatic N) is 1. The van der Waals surface area contributed by atoms with Crippen molar-refractivity contribution in [1.82, 2.24) is 9.62 Å². The first-order chi connectivity index (χ1) is 8.88. The Hall–Kier alpha value is -1.11. The second-order valence-electron chi connectivity index (χ2n) is 5.25. The molecule has 1 aromatic rings. The summed E-state index contributed by atoms with van der Waals surface area (Å²) < 4.78 is 32.1. The van der Waals surface area contributed by atoms with E-state index in [-0.39, 0.29) is 4.90 Å². The maximum atomic E-state index is 12.7. The van der Waals surface area contributed by atoms with Crippen LogP contribution in [0.15, 0.2) is 29.2 Å². The summed E-state index contributed by atoms with van der Waals surface area (Å²) in [7, 11) is -1.96. The lowest BCUT2D eigenvalue weighted by Crippen LogP contribution is -2.59. The molecule has 1 heterocycles. The van der Waals surface area contributed by atoms with Crippen LogP contribution in [0.1, 0.15) is 13.8 Å². The van der Waals surface area contributed by atoms with Crippen molar-refractivity contribution in [1.29, 1.82) is 0 Å². The van der Waals surface area contributed by atoms with Gasteiger partial charge in [-0.25, -0.2) is 8.42 Å². The third-order valence-corrected chi connectivity index (χ3v) is 5.46. The van der Waals surface area contributed by atoms with Crippen LogP contribution in [0.5, 0.6) is 5.75 Å². The Bertz CT molecular complexity index is 555. The zero-order valence-corrected chi connectivity index (χ0v) is 12.3. The third-order valence-electron chi connectivity index (χ3n) is 3.35. The summed E-state index contributed by atoms with van der Waals surface area (Å²) in [4.78, 5) is 0.279. The number of methoxy groups -OCH3 is 1. The number of nitrogens with one attached hydrogen (secondary N) is 1. The number of sulfonamides is 1. The van der Waals surface area contributed by atoms with E-state index in [4.69, 9.17) is 4.74 Å². The van der Waals surface area contributed by atoms with Crippen molar-refractivity contribution < 1.29 is 13.2 Å². The summed E-state index contributed by atoms with van der Waals surface area (Å²) in [6, 6.07) is 6.60. The van der Waals surface area contributed by atoms with E-state index >= 15 is 0 Å². The minimum Gasteiger partial charge on any atom is -0.497 e. The fourth-order valence-electron chi connectivity index (χ4n) is 2.30. The summed E-state index contributed by atoms with van der Waals surface area (Å²) in [5, 5.41) is 3.22. The average Bonchev–Trinajstić information content (AvgIpc) is 2.38. The van der Waals surface area contributed by atoms with Gasteiger partial charge >= 0.3 is 0 Å². The Morgan fingerprint density at radius 2 is 2.11 bits per heavy atom. The van der Waals surface area contributed by atoms with Crippen molar-refractivity contribution in [2.24, 2.45) is 0 Å². The van der Waals surface area contributed by atoms with E-state index in [1.165, 1.54) is 7.11 Å². The lowest BCUT2D eigenvalue weighted by atomic mass is 10.0. The molecule has 5 nitrogen and oxygen atoms in total. The lowest BCUT2D eigenvalue weighted by Gasteiger charge is -2.41. The smallest absolute Gasteiger partial charge is 0.243 e. The van der Waals surface area contributed by atoms with Crippen LogP contribution in [0.2, 0.25) is 0 Å². The minimum absolute atomic E-state index is 0.279. The lowest BCUT2D eigenvalue weighted by molar-refractivity contribution is 0.186. The van der Waals surface area contributed by atoms with Gasteiger partial charge < -0.3 is 10.1 Å². The highest BCUT2D eigenvalue weighted by molar-refractivity contribution is 7.89. The van der Waals surface area contributed by atoms with Gasteiger partial charge in [0.05, 0.1) is 12.0 Å². The first-order valence-corrected chi connectivity index (χ1v) is 7.69. The first-order valence-electron chi connectivity index (χ1n) is 6.25. The van der Waals surface area contributed by atoms with Gasteiger partial charge in [0.2, 0.25) is 10.0 Å². The van der Waals surface area contributed by atoms with Crippen LogP contribution in [0, 0.1) is 0 Å². The maximum Gasteiger partial charge on any atom is 0.243 e. The highest BCUT2D eigenvalue weighted by Crippen LogP contribution is 2.27. The molecule has 19 heavy (non-hydrogen) atoms. The fraction of sp³-hybridized carbons (Fsp3) is 0.538. The van der Waals surface area contributed by atoms with Crippen LogP contribution in [-0.4, -0.2) is 45.0 Å². The molecule has 0 saturated carbocycles. The summed E-state index contributed by atoms with van der Waals surface area (Å²) >= 11 is 0. The van der Waals surface area contributed by atoms with E-state index < -0.39 is 15.6 Å². The SMILES string of the molecule is COc1cccc(S(=O)(=O)N2CCNCC2(C)C)c1. The Morgan fingerprint density at radius 1 is 1.37 bits per heavy atom. The van der Waals surface area contributed by atoms with Gasteiger partial charge in [0.15, 0.2) is 0 Å². The Morgan fingerprint density at radius 3 is 2.74 bits per heavy atom. The average molecular weight is 284 g/mol. The van der Waals surface area contributed by atoms with E-state index in [2.05, 4.69) is 5.32 Å². The molecule has 0 atom stereocenters. The number of benzene rings is 1. The number of ether oxygens (including phenoxy) is 1. The molecule has 0 unspecified atom stereocenters. The van der Waals surface area contributed by atoms with Crippen LogP contribution in [0.25, 0.3) is 0 Å². The summed E-state index contributed by atoms with van der Waals surface area (Å²) in [5.74, 6) is 0.550. The van der Waals surface area contributed by atoms with Crippen molar-refractivity contribution in [3.05, 3.63) is 24.3 Å². The molecule has 0 bridgehead atoms. The molecule has 1 aliphatic rings. The summed E-state index contributed by atoms with van der Waals surface area (Å²) in [5.41, 5.74) is -0.430. The standard InChI is InChI=1S/C13H20N2O3S/c1-13(2)10-14-7-8-15(13)19(16,17)12-6-4-5-11(9-12)18-3/h4-6,9,14H,7-8,10H2,1-3H3. The number of hydrogen-bond acceptors (Lipinski definition) is 4. The molecule has 0 spiro atoms. The van der Waals surface area contributed by atoms with Crippen LogP contribution >= 0.6 is 0 Å². The molecule has 1 aliphatic heterocycles. The van der Waals surface area contributed by atoms with Gasteiger partial charge in [0.25, 0.3) is 0 Å². The van der Waals surface area contributed by atoms with Gasteiger partial charge in [-0.2, -0.15) is 4.31 Å². The second kappa shape index (κ2) is 5.11. The number of rotatable bonds is 3. The number of hydrogen-bond donors (Lipinski definition) is 1. The Labute approximate surface area is 114 Å². The van der Waals surface area contributed by atoms with Gasteiger partial charge in [-0.05, 0) is 26.0 Å². The molecule has 106 valence electrons. The Balaban J connectivity index is 2.41. The van der Waals surface area contributed by atoms with Crippen molar-refractivity contribution in [2.75, 3.05) is 26.7 Å². The molecule has 0 aliphatic carbocycles. The van der Waals surface area contributed by atoms with E-state index in [0.717, 1.165) is 0 Å². The quantitative estimate of drug-likeness (QED) is 0.902. The summed E-state index contributed by atoms with van der Waals surface area (Å²) in [6.45, 7) is 5.66. The molecular weight excluding hydrogens is 264 g/mol. The highest BCUT2D eigenvalue weighted by atomic mass is 32.2. The normalized spacial score (nSPS) is 20.2. The fourth-order valence-corrected chi connectivity index (χ4v) is 4.12. The van der Waals surface area contributed by atoms with E-state index in [9.17, 15) is 8.42 Å². The highest BCUT2D eigenvalue weighted by Gasteiger charge is 2.38. The van der Waals surface area contributed by atoms with Gasteiger partial charge in [-0.15, -0.1) is 0 Å². The van der Waals surface area contributed by atoms with Crippen LogP contribution < -0.4 is 10.1 Å². The predicted octanol–water partition coefficient (Wildman–Crippen LogP) is 1.07. The Kier molecular flexibility index (Phi) is 3.85. The summed E-state index contributed by atoms with van der Waals surface area (Å²) in [6.07, 6.45) is 0. The molecule has 0 amide bonds. The van der Waals surface area contributed by atoms with Crippen LogP contribution in [-0.2, 0) is 10.0 Å². The molecule has 0 radical (unpaired) electrons. The van der Waals surface area contributed by atoms with Gasteiger partial charge in [0.1, 0.15) is 5.75 Å². The van der Waals surface area contributed by atoms with Gasteiger partial charge in [-0.1, -0.05) is 6.07 Å². The third kappa shape index (κ3) is 2.75.